The lowest BCUT2D eigenvalue weighted by atomic mass is 9.89. The van der Waals surface area contributed by atoms with E-state index >= 15 is 0 Å². The summed E-state index contributed by atoms with van der Waals surface area (Å²) in [6, 6.07) is 0. The molecule has 1 unspecified atom stereocenters. The molecule has 19 heavy (non-hydrogen) atoms. The van der Waals surface area contributed by atoms with Gasteiger partial charge in [0.15, 0.2) is 0 Å². The fourth-order valence-electron chi connectivity index (χ4n) is 2.73. The maximum absolute atomic E-state index is 11.2. The molecule has 0 aromatic carbocycles. The quantitative estimate of drug-likeness (QED) is 0.666. The van der Waals surface area contributed by atoms with E-state index in [1.54, 1.807) is 6.92 Å². The molecule has 0 aromatic heterocycles. The van der Waals surface area contributed by atoms with Crippen LogP contribution >= 0.6 is 0 Å². The van der Waals surface area contributed by atoms with Gasteiger partial charge in [-0.1, -0.05) is 13.8 Å². The van der Waals surface area contributed by atoms with E-state index in [0.29, 0.717) is 25.7 Å². The number of hydrogen-bond donors (Lipinski definition) is 2. The van der Waals surface area contributed by atoms with Crippen LogP contribution in [0.25, 0.3) is 0 Å². The second kappa shape index (κ2) is 7.85. The van der Waals surface area contributed by atoms with Gasteiger partial charge in [0.2, 0.25) is 0 Å². The fourth-order valence-corrected chi connectivity index (χ4v) is 2.73. The zero-order valence-corrected chi connectivity index (χ0v) is 12.6. The Bertz CT molecular complexity index is 275. The number of rotatable bonds is 8. The van der Waals surface area contributed by atoms with Crippen LogP contribution in [0.5, 0.6) is 0 Å². The molecule has 0 saturated heterocycles. The van der Waals surface area contributed by atoms with Gasteiger partial charge in [-0.2, -0.15) is 0 Å². The first kappa shape index (κ1) is 16.4. The third-order valence-electron chi connectivity index (χ3n) is 4.18. The van der Waals surface area contributed by atoms with Crippen molar-refractivity contribution in [3.8, 4) is 0 Å². The van der Waals surface area contributed by atoms with Crippen LogP contribution in [-0.4, -0.2) is 35.9 Å². The molecule has 0 aliphatic heterocycles. The fraction of sp³-hybridized carbons (Fsp3) is 0.933. The van der Waals surface area contributed by atoms with Crippen molar-refractivity contribution in [2.24, 2.45) is 5.92 Å². The van der Waals surface area contributed by atoms with E-state index in [0.717, 1.165) is 25.2 Å². The van der Waals surface area contributed by atoms with Crippen LogP contribution in [0.3, 0.4) is 0 Å². The molecular formula is C15H29NO3. The molecule has 1 atom stereocenters. The molecule has 2 N–H and O–H groups in total. The molecular weight excluding hydrogens is 242 g/mol. The Kier molecular flexibility index (Phi) is 6.80. The lowest BCUT2D eigenvalue weighted by molar-refractivity contribution is -0.144. The summed E-state index contributed by atoms with van der Waals surface area (Å²) >= 11 is 0. The van der Waals surface area contributed by atoms with Crippen LogP contribution in [0.15, 0.2) is 0 Å². The number of carbonyl (C=O) groups is 1. The number of aliphatic carboxylic acids is 1. The zero-order chi connectivity index (χ0) is 14.3. The molecule has 0 spiro atoms. The minimum Gasteiger partial charge on any atom is -0.480 e. The summed E-state index contributed by atoms with van der Waals surface area (Å²) in [5, 5.41) is 12.3. The van der Waals surface area contributed by atoms with Crippen LogP contribution in [0.4, 0.5) is 0 Å². The topological polar surface area (TPSA) is 58.6 Å². The first-order valence-corrected chi connectivity index (χ1v) is 7.58. The number of nitrogens with one attached hydrogen (secondary N) is 1. The first-order valence-electron chi connectivity index (χ1n) is 7.58. The summed E-state index contributed by atoms with van der Waals surface area (Å²) in [4.78, 5) is 11.2. The van der Waals surface area contributed by atoms with Crippen molar-refractivity contribution < 1.29 is 14.6 Å². The second-order valence-electron chi connectivity index (χ2n) is 6.02. The third kappa shape index (κ3) is 5.49. The minimum atomic E-state index is -0.820. The van der Waals surface area contributed by atoms with Gasteiger partial charge in [-0.25, -0.2) is 0 Å². The molecule has 0 radical (unpaired) electrons. The highest BCUT2D eigenvalue weighted by Gasteiger charge is 2.31. The zero-order valence-electron chi connectivity index (χ0n) is 12.6. The summed E-state index contributed by atoms with van der Waals surface area (Å²) in [7, 11) is 0. The van der Waals surface area contributed by atoms with Gasteiger partial charge in [0, 0.05) is 6.61 Å². The number of ether oxygens (including phenoxy) is 1. The van der Waals surface area contributed by atoms with Crippen LogP contribution in [0.2, 0.25) is 0 Å². The van der Waals surface area contributed by atoms with Crippen LogP contribution < -0.4 is 5.32 Å². The smallest absolute Gasteiger partial charge is 0.323 e. The number of carboxylic acids is 1. The predicted molar refractivity (Wildman–Crippen MR) is 76.3 cm³/mol. The van der Waals surface area contributed by atoms with Crippen LogP contribution in [-0.2, 0) is 9.53 Å². The monoisotopic (exact) mass is 271 g/mol. The van der Waals surface area contributed by atoms with E-state index in [9.17, 15) is 9.90 Å². The van der Waals surface area contributed by atoms with E-state index < -0.39 is 11.5 Å². The maximum Gasteiger partial charge on any atom is 0.323 e. The predicted octanol–water partition coefficient (Wildman–Crippen LogP) is 2.81. The molecule has 0 heterocycles. The Morgan fingerprint density at radius 1 is 1.37 bits per heavy atom. The van der Waals surface area contributed by atoms with Crippen LogP contribution in [0, 0.1) is 5.92 Å². The second-order valence-corrected chi connectivity index (χ2v) is 6.02. The van der Waals surface area contributed by atoms with Crippen molar-refractivity contribution in [3.05, 3.63) is 0 Å². The summed E-state index contributed by atoms with van der Waals surface area (Å²) < 4.78 is 5.86. The van der Waals surface area contributed by atoms with Gasteiger partial charge in [-0.3, -0.25) is 4.79 Å². The lowest BCUT2D eigenvalue weighted by Gasteiger charge is -2.28. The normalized spacial score (nSPS) is 26.9. The minimum absolute atomic E-state index is 0.395. The first-order chi connectivity index (χ1) is 8.98. The summed E-state index contributed by atoms with van der Waals surface area (Å²) in [5.74, 6) is 0.0600. The van der Waals surface area contributed by atoms with E-state index in [1.807, 2.05) is 6.92 Å². The Hall–Kier alpha value is -0.610. The van der Waals surface area contributed by atoms with Crippen LogP contribution in [0.1, 0.15) is 59.3 Å². The van der Waals surface area contributed by atoms with Gasteiger partial charge in [0.1, 0.15) is 5.54 Å². The molecule has 1 fully saturated rings. The van der Waals surface area contributed by atoms with E-state index in [1.165, 1.54) is 12.8 Å². The van der Waals surface area contributed by atoms with Crippen molar-refractivity contribution >= 4 is 5.97 Å². The number of likely N-dealkylation sites (N-methyl/N-ethyl adjacent to an activating group) is 1. The molecule has 0 amide bonds. The molecule has 112 valence electrons. The lowest BCUT2D eigenvalue weighted by Crippen LogP contribution is -2.49. The standard InChI is InChI=1S/C15H29NO3/c1-4-16-15(3,14(17)18)10-5-11-19-13-8-6-12(2)7-9-13/h12-13,16H,4-11H2,1-3H3,(H,17,18). The Morgan fingerprint density at radius 2 is 2.00 bits per heavy atom. The SMILES string of the molecule is CCNC(C)(CCCOC1CCC(C)CC1)C(=O)O. The number of carboxylic acid groups (broad SMARTS) is 1. The summed E-state index contributed by atoms with van der Waals surface area (Å²) in [6.45, 7) is 7.32. The van der Waals surface area contributed by atoms with E-state index in [2.05, 4.69) is 12.2 Å². The van der Waals surface area contributed by atoms with Crippen molar-refractivity contribution in [1.29, 1.82) is 0 Å². The van der Waals surface area contributed by atoms with Gasteiger partial charge in [-0.05, 0) is 57.9 Å². The molecule has 4 heteroatoms. The van der Waals surface area contributed by atoms with Gasteiger partial charge < -0.3 is 15.2 Å². The third-order valence-corrected chi connectivity index (χ3v) is 4.18. The van der Waals surface area contributed by atoms with Crippen molar-refractivity contribution in [3.63, 3.8) is 0 Å². The van der Waals surface area contributed by atoms with Gasteiger partial charge in [-0.15, -0.1) is 0 Å². The largest absolute Gasteiger partial charge is 0.480 e. The van der Waals surface area contributed by atoms with E-state index in [4.69, 9.17) is 4.74 Å². The maximum atomic E-state index is 11.2. The summed E-state index contributed by atoms with van der Waals surface area (Å²) in [6.07, 6.45) is 6.63. The average Bonchev–Trinajstić information content (AvgIpc) is 2.37. The average molecular weight is 271 g/mol. The molecule has 0 bridgehead atoms. The Morgan fingerprint density at radius 3 is 2.53 bits per heavy atom. The molecule has 1 saturated carbocycles. The van der Waals surface area contributed by atoms with Gasteiger partial charge in [0.05, 0.1) is 6.10 Å². The van der Waals surface area contributed by atoms with Gasteiger partial charge >= 0.3 is 5.97 Å². The van der Waals surface area contributed by atoms with Crippen molar-refractivity contribution in [2.75, 3.05) is 13.2 Å². The van der Waals surface area contributed by atoms with Crippen molar-refractivity contribution in [2.45, 2.75) is 70.9 Å². The number of hydrogen-bond acceptors (Lipinski definition) is 3. The molecule has 4 nitrogen and oxygen atoms in total. The highest BCUT2D eigenvalue weighted by atomic mass is 16.5. The molecule has 1 aliphatic rings. The highest BCUT2D eigenvalue weighted by molar-refractivity contribution is 5.78. The highest BCUT2D eigenvalue weighted by Crippen LogP contribution is 2.25. The molecule has 1 rings (SSSR count). The van der Waals surface area contributed by atoms with E-state index in [-0.39, 0.29) is 0 Å². The summed E-state index contributed by atoms with van der Waals surface area (Å²) in [5.41, 5.74) is -0.820. The van der Waals surface area contributed by atoms with Gasteiger partial charge in [0.25, 0.3) is 0 Å². The van der Waals surface area contributed by atoms with Crippen molar-refractivity contribution in [1.82, 2.24) is 5.32 Å². The Balaban J connectivity index is 2.20. The molecule has 0 aromatic rings. The molecule has 1 aliphatic carbocycles. The Labute approximate surface area is 116 Å².